The molecule has 0 fully saturated rings. The zero-order valence-corrected chi connectivity index (χ0v) is 16.0. The first-order valence-electron chi connectivity index (χ1n) is 8.28. The number of aromatic nitrogens is 2. The molecule has 7 heteroatoms. The standard InChI is InChI=1S/C20H19ClN4O2/c1-12-4-6-15(13(2)10-12)24-20-22-9-8-16(25-20)19(26)23-17-11-14(21)5-7-18(17)27-3/h4-11H,1-3H3,(H,23,26)(H,22,24,25). The van der Waals surface area contributed by atoms with Gasteiger partial charge in [0.25, 0.3) is 5.91 Å². The van der Waals surface area contributed by atoms with E-state index >= 15 is 0 Å². The summed E-state index contributed by atoms with van der Waals surface area (Å²) >= 11 is 6.00. The fraction of sp³-hybridized carbons (Fsp3) is 0.150. The van der Waals surface area contributed by atoms with E-state index in [-0.39, 0.29) is 11.6 Å². The number of carbonyl (C=O) groups excluding carboxylic acids is 1. The number of benzene rings is 2. The molecule has 0 saturated heterocycles. The summed E-state index contributed by atoms with van der Waals surface area (Å²) in [5.41, 5.74) is 3.81. The van der Waals surface area contributed by atoms with E-state index in [4.69, 9.17) is 16.3 Å². The molecule has 3 rings (SSSR count). The van der Waals surface area contributed by atoms with Crippen LogP contribution in [0.25, 0.3) is 0 Å². The van der Waals surface area contributed by atoms with E-state index in [2.05, 4.69) is 26.7 Å². The topological polar surface area (TPSA) is 76.1 Å². The van der Waals surface area contributed by atoms with Gasteiger partial charge in [-0.15, -0.1) is 0 Å². The normalized spacial score (nSPS) is 10.4. The molecule has 1 amide bonds. The number of ether oxygens (including phenoxy) is 1. The molecule has 1 aromatic heterocycles. The van der Waals surface area contributed by atoms with E-state index in [1.54, 1.807) is 24.3 Å². The van der Waals surface area contributed by atoms with Gasteiger partial charge < -0.3 is 15.4 Å². The number of aryl methyl sites for hydroxylation is 2. The van der Waals surface area contributed by atoms with Crippen LogP contribution in [0, 0.1) is 13.8 Å². The lowest BCUT2D eigenvalue weighted by atomic mass is 10.1. The molecule has 0 saturated carbocycles. The fourth-order valence-corrected chi connectivity index (χ4v) is 2.76. The van der Waals surface area contributed by atoms with E-state index in [0.29, 0.717) is 22.4 Å². The smallest absolute Gasteiger partial charge is 0.274 e. The maximum absolute atomic E-state index is 12.6. The number of hydrogen-bond acceptors (Lipinski definition) is 5. The average molecular weight is 383 g/mol. The van der Waals surface area contributed by atoms with Crippen LogP contribution in [-0.2, 0) is 0 Å². The van der Waals surface area contributed by atoms with Gasteiger partial charge in [0.2, 0.25) is 5.95 Å². The van der Waals surface area contributed by atoms with Gasteiger partial charge in [0.1, 0.15) is 11.4 Å². The van der Waals surface area contributed by atoms with Crippen molar-refractivity contribution < 1.29 is 9.53 Å². The van der Waals surface area contributed by atoms with Gasteiger partial charge >= 0.3 is 0 Å². The Balaban J connectivity index is 1.81. The summed E-state index contributed by atoms with van der Waals surface area (Å²) in [7, 11) is 1.52. The SMILES string of the molecule is COc1ccc(Cl)cc1NC(=O)c1ccnc(Nc2ccc(C)cc2C)n1. The Kier molecular flexibility index (Phi) is 5.57. The lowest BCUT2D eigenvalue weighted by molar-refractivity contribution is 0.102. The zero-order valence-electron chi connectivity index (χ0n) is 15.2. The third-order valence-corrected chi connectivity index (χ3v) is 4.16. The molecule has 0 aliphatic carbocycles. The highest BCUT2D eigenvalue weighted by Crippen LogP contribution is 2.28. The second kappa shape index (κ2) is 8.05. The van der Waals surface area contributed by atoms with Crippen LogP contribution < -0.4 is 15.4 Å². The van der Waals surface area contributed by atoms with Crippen LogP contribution in [0.1, 0.15) is 21.6 Å². The highest BCUT2D eigenvalue weighted by molar-refractivity contribution is 6.31. The number of hydrogen-bond donors (Lipinski definition) is 2. The van der Waals surface area contributed by atoms with Crippen molar-refractivity contribution in [2.75, 3.05) is 17.7 Å². The maximum atomic E-state index is 12.6. The summed E-state index contributed by atoms with van der Waals surface area (Å²) in [4.78, 5) is 21.1. The van der Waals surface area contributed by atoms with Crippen LogP contribution in [-0.4, -0.2) is 23.0 Å². The first-order valence-corrected chi connectivity index (χ1v) is 8.66. The Hall–Kier alpha value is -3.12. The van der Waals surface area contributed by atoms with E-state index in [1.807, 2.05) is 26.0 Å². The van der Waals surface area contributed by atoms with Crippen LogP contribution in [0.15, 0.2) is 48.7 Å². The summed E-state index contributed by atoms with van der Waals surface area (Å²) in [6.45, 7) is 4.03. The quantitative estimate of drug-likeness (QED) is 0.665. The van der Waals surface area contributed by atoms with Gasteiger partial charge in [0, 0.05) is 16.9 Å². The van der Waals surface area contributed by atoms with Gasteiger partial charge in [0.15, 0.2) is 0 Å². The molecule has 27 heavy (non-hydrogen) atoms. The number of carbonyl (C=O) groups is 1. The number of nitrogens with one attached hydrogen (secondary N) is 2. The molecule has 0 spiro atoms. The Bertz CT molecular complexity index is 991. The minimum atomic E-state index is -0.387. The molecule has 2 N–H and O–H groups in total. The number of rotatable bonds is 5. The lowest BCUT2D eigenvalue weighted by Gasteiger charge is -2.11. The summed E-state index contributed by atoms with van der Waals surface area (Å²) in [6.07, 6.45) is 1.53. The molecule has 0 radical (unpaired) electrons. The monoisotopic (exact) mass is 382 g/mol. The summed E-state index contributed by atoms with van der Waals surface area (Å²) in [6, 6.07) is 12.5. The highest BCUT2D eigenvalue weighted by atomic mass is 35.5. The zero-order chi connectivity index (χ0) is 19.4. The van der Waals surface area contributed by atoms with Crippen molar-refractivity contribution in [3.63, 3.8) is 0 Å². The van der Waals surface area contributed by atoms with Gasteiger partial charge in [-0.2, -0.15) is 0 Å². The van der Waals surface area contributed by atoms with Crippen LogP contribution in [0.4, 0.5) is 17.3 Å². The number of methoxy groups -OCH3 is 1. The lowest BCUT2D eigenvalue weighted by Crippen LogP contribution is -2.15. The third kappa shape index (κ3) is 4.54. The molecule has 6 nitrogen and oxygen atoms in total. The molecule has 1 heterocycles. The molecule has 0 bridgehead atoms. The molecule has 0 aliphatic rings. The minimum Gasteiger partial charge on any atom is -0.495 e. The Labute approximate surface area is 162 Å². The van der Waals surface area contributed by atoms with Crippen molar-refractivity contribution in [2.24, 2.45) is 0 Å². The molecule has 3 aromatic rings. The predicted molar refractivity (Wildman–Crippen MR) is 107 cm³/mol. The second-order valence-electron chi connectivity index (χ2n) is 6.01. The van der Waals surface area contributed by atoms with Crippen molar-refractivity contribution in [1.82, 2.24) is 9.97 Å². The van der Waals surface area contributed by atoms with Crippen molar-refractivity contribution in [3.8, 4) is 5.75 Å². The van der Waals surface area contributed by atoms with Crippen molar-refractivity contribution in [1.29, 1.82) is 0 Å². The second-order valence-corrected chi connectivity index (χ2v) is 6.44. The Morgan fingerprint density at radius 3 is 2.63 bits per heavy atom. The van der Waals surface area contributed by atoms with E-state index in [9.17, 15) is 4.79 Å². The molecular weight excluding hydrogens is 364 g/mol. The highest BCUT2D eigenvalue weighted by Gasteiger charge is 2.13. The number of nitrogens with zero attached hydrogens (tertiary/aromatic N) is 2. The molecule has 0 atom stereocenters. The number of amides is 1. The van der Waals surface area contributed by atoms with E-state index in [0.717, 1.165) is 11.3 Å². The summed E-state index contributed by atoms with van der Waals surface area (Å²) in [5, 5.41) is 6.40. The van der Waals surface area contributed by atoms with Gasteiger partial charge in [0.05, 0.1) is 12.8 Å². The molecule has 2 aromatic carbocycles. The van der Waals surface area contributed by atoms with Crippen molar-refractivity contribution in [3.05, 3.63) is 70.5 Å². The van der Waals surface area contributed by atoms with Gasteiger partial charge in [-0.3, -0.25) is 4.79 Å². The molecule has 138 valence electrons. The Morgan fingerprint density at radius 1 is 1.07 bits per heavy atom. The van der Waals surface area contributed by atoms with E-state index < -0.39 is 0 Å². The molecular formula is C20H19ClN4O2. The van der Waals surface area contributed by atoms with Crippen molar-refractivity contribution >= 4 is 34.8 Å². The maximum Gasteiger partial charge on any atom is 0.274 e. The molecule has 0 unspecified atom stereocenters. The number of halogens is 1. The van der Waals surface area contributed by atoms with Crippen molar-refractivity contribution in [2.45, 2.75) is 13.8 Å². The van der Waals surface area contributed by atoms with Crippen LogP contribution in [0.2, 0.25) is 5.02 Å². The largest absolute Gasteiger partial charge is 0.495 e. The first-order chi connectivity index (χ1) is 13.0. The fourth-order valence-electron chi connectivity index (χ4n) is 2.58. The molecule has 0 aliphatic heterocycles. The van der Waals surface area contributed by atoms with Crippen LogP contribution in [0.5, 0.6) is 5.75 Å². The van der Waals surface area contributed by atoms with Gasteiger partial charge in [-0.1, -0.05) is 29.3 Å². The Morgan fingerprint density at radius 2 is 1.89 bits per heavy atom. The van der Waals surface area contributed by atoms with Gasteiger partial charge in [-0.05, 0) is 49.7 Å². The number of anilines is 3. The third-order valence-electron chi connectivity index (χ3n) is 3.93. The first kappa shape index (κ1) is 18.7. The predicted octanol–water partition coefficient (Wildman–Crippen LogP) is 4.75. The average Bonchev–Trinajstić information content (AvgIpc) is 2.64. The van der Waals surface area contributed by atoms with Gasteiger partial charge in [-0.25, -0.2) is 9.97 Å². The summed E-state index contributed by atoms with van der Waals surface area (Å²) in [5.74, 6) is 0.463. The van der Waals surface area contributed by atoms with Crippen LogP contribution in [0.3, 0.4) is 0 Å². The van der Waals surface area contributed by atoms with Crippen LogP contribution >= 0.6 is 11.6 Å². The van der Waals surface area contributed by atoms with E-state index in [1.165, 1.54) is 18.9 Å². The summed E-state index contributed by atoms with van der Waals surface area (Å²) < 4.78 is 5.24. The minimum absolute atomic E-state index is 0.222.